The van der Waals surface area contributed by atoms with Gasteiger partial charge in [-0.2, -0.15) is 0 Å². The lowest BCUT2D eigenvalue weighted by Crippen LogP contribution is -2.45. The number of aliphatic hydroxyl groups excluding tert-OH is 1. The minimum Gasteiger partial charge on any atom is -0.467 e. The molecule has 0 saturated carbocycles. The SMILES string of the molecule is Cc1ccc(F)cc1CN1CCOC[C@@H]1C[C@@H](O)c1ccco1. The molecule has 3 rings (SSSR count). The third-order valence-electron chi connectivity index (χ3n) is 4.40. The van der Waals surface area contributed by atoms with Crippen LogP contribution in [0.25, 0.3) is 0 Å². The van der Waals surface area contributed by atoms with Gasteiger partial charge in [0.25, 0.3) is 0 Å². The van der Waals surface area contributed by atoms with Crippen molar-refractivity contribution in [1.82, 2.24) is 4.90 Å². The molecule has 0 aliphatic carbocycles. The molecule has 1 saturated heterocycles. The second kappa shape index (κ2) is 7.25. The van der Waals surface area contributed by atoms with Crippen molar-refractivity contribution in [3.8, 4) is 0 Å². The molecule has 2 aromatic rings. The Kier molecular flexibility index (Phi) is 5.10. The van der Waals surface area contributed by atoms with Gasteiger partial charge in [-0.05, 0) is 48.7 Å². The van der Waals surface area contributed by atoms with Crippen molar-refractivity contribution < 1.29 is 18.7 Å². The number of hydrogen-bond acceptors (Lipinski definition) is 4. The van der Waals surface area contributed by atoms with Gasteiger partial charge in [-0.15, -0.1) is 0 Å². The maximum absolute atomic E-state index is 13.5. The summed E-state index contributed by atoms with van der Waals surface area (Å²) in [4.78, 5) is 2.25. The molecular formula is C18H22FNO3. The first kappa shape index (κ1) is 16.2. The van der Waals surface area contributed by atoms with Crippen molar-refractivity contribution >= 4 is 0 Å². The summed E-state index contributed by atoms with van der Waals surface area (Å²) in [7, 11) is 0. The lowest BCUT2D eigenvalue weighted by molar-refractivity contribution is -0.0324. The van der Waals surface area contributed by atoms with E-state index in [-0.39, 0.29) is 11.9 Å². The minimum absolute atomic E-state index is 0.0755. The van der Waals surface area contributed by atoms with Crippen LogP contribution in [-0.2, 0) is 11.3 Å². The molecule has 4 nitrogen and oxygen atoms in total. The molecule has 1 aromatic heterocycles. The number of aliphatic hydroxyl groups is 1. The predicted molar refractivity (Wildman–Crippen MR) is 84.4 cm³/mol. The first-order valence-corrected chi connectivity index (χ1v) is 7.92. The molecule has 23 heavy (non-hydrogen) atoms. The van der Waals surface area contributed by atoms with Crippen LogP contribution in [0.2, 0.25) is 0 Å². The molecule has 1 aliphatic heterocycles. The van der Waals surface area contributed by atoms with Gasteiger partial charge in [-0.3, -0.25) is 4.90 Å². The highest BCUT2D eigenvalue weighted by Gasteiger charge is 2.27. The van der Waals surface area contributed by atoms with Gasteiger partial charge in [0.1, 0.15) is 17.7 Å². The highest BCUT2D eigenvalue weighted by molar-refractivity contribution is 5.26. The van der Waals surface area contributed by atoms with Crippen LogP contribution in [0, 0.1) is 12.7 Å². The summed E-state index contributed by atoms with van der Waals surface area (Å²) in [5, 5.41) is 10.3. The maximum atomic E-state index is 13.5. The summed E-state index contributed by atoms with van der Waals surface area (Å²) in [6, 6.07) is 8.49. The standard InChI is InChI=1S/C18H22FNO3/c1-13-4-5-15(19)9-14(13)11-20-6-8-22-12-16(20)10-17(21)18-3-2-7-23-18/h2-5,7,9,16-17,21H,6,8,10-12H2,1H3/t16-,17+/m0/s1. The topological polar surface area (TPSA) is 45.8 Å². The van der Waals surface area contributed by atoms with E-state index in [1.807, 2.05) is 6.92 Å². The van der Waals surface area contributed by atoms with E-state index in [9.17, 15) is 9.50 Å². The number of furan rings is 1. The van der Waals surface area contributed by atoms with E-state index in [0.717, 1.165) is 17.7 Å². The largest absolute Gasteiger partial charge is 0.467 e. The summed E-state index contributed by atoms with van der Waals surface area (Å²) in [6.45, 7) is 4.63. The van der Waals surface area contributed by atoms with E-state index in [0.29, 0.717) is 31.9 Å². The van der Waals surface area contributed by atoms with Crippen molar-refractivity contribution in [1.29, 1.82) is 0 Å². The number of benzene rings is 1. The van der Waals surface area contributed by atoms with Crippen LogP contribution in [0.1, 0.15) is 29.4 Å². The zero-order valence-corrected chi connectivity index (χ0v) is 13.2. The molecule has 1 N–H and O–H groups in total. The molecule has 124 valence electrons. The number of aryl methyl sites for hydroxylation is 1. The zero-order valence-electron chi connectivity index (χ0n) is 13.2. The van der Waals surface area contributed by atoms with Crippen molar-refractivity contribution in [2.24, 2.45) is 0 Å². The third-order valence-corrected chi connectivity index (χ3v) is 4.40. The number of ether oxygens (including phenoxy) is 1. The second-order valence-electron chi connectivity index (χ2n) is 6.04. The molecule has 0 bridgehead atoms. The lowest BCUT2D eigenvalue weighted by atomic mass is 10.0. The van der Waals surface area contributed by atoms with Crippen molar-refractivity contribution in [2.45, 2.75) is 32.0 Å². The highest BCUT2D eigenvalue weighted by atomic mass is 19.1. The van der Waals surface area contributed by atoms with E-state index in [1.165, 1.54) is 6.07 Å². The van der Waals surface area contributed by atoms with E-state index < -0.39 is 6.10 Å². The molecule has 1 aromatic carbocycles. The van der Waals surface area contributed by atoms with Crippen LogP contribution < -0.4 is 0 Å². The Bertz CT molecular complexity index is 629. The average Bonchev–Trinajstić information content (AvgIpc) is 3.07. The Morgan fingerprint density at radius 3 is 3.04 bits per heavy atom. The minimum atomic E-state index is -0.659. The molecule has 1 fully saturated rings. The van der Waals surface area contributed by atoms with E-state index in [1.54, 1.807) is 30.5 Å². The fourth-order valence-electron chi connectivity index (χ4n) is 3.00. The summed E-state index contributed by atoms with van der Waals surface area (Å²) >= 11 is 0. The van der Waals surface area contributed by atoms with Gasteiger partial charge in [0.05, 0.1) is 19.5 Å². The van der Waals surface area contributed by atoms with Gasteiger partial charge in [0, 0.05) is 19.1 Å². The molecule has 5 heteroatoms. The fraction of sp³-hybridized carbons (Fsp3) is 0.444. The summed E-state index contributed by atoms with van der Waals surface area (Å²) in [5.41, 5.74) is 2.05. The van der Waals surface area contributed by atoms with E-state index in [4.69, 9.17) is 9.15 Å². The summed E-state index contributed by atoms with van der Waals surface area (Å²) in [6.07, 6.45) is 1.43. The lowest BCUT2D eigenvalue weighted by Gasteiger charge is -2.36. The molecule has 0 amide bonds. The average molecular weight is 319 g/mol. The van der Waals surface area contributed by atoms with Crippen LogP contribution in [0.5, 0.6) is 0 Å². The first-order valence-electron chi connectivity index (χ1n) is 7.92. The molecule has 2 atom stereocenters. The number of rotatable bonds is 5. The predicted octanol–water partition coefficient (Wildman–Crippen LogP) is 3.05. The number of halogens is 1. The molecule has 0 spiro atoms. The number of nitrogens with zero attached hydrogens (tertiary/aromatic N) is 1. The van der Waals surface area contributed by atoms with Crippen LogP contribution in [0.3, 0.4) is 0 Å². The van der Waals surface area contributed by atoms with Gasteiger partial charge in [0.15, 0.2) is 0 Å². The molecule has 0 unspecified atom stereocenters. The Hall–Kier alpha value is -1.69. The first-order chi connectivity index (χ1) is 11.1. The van der Waals surface area contributed by atoms with Gasteiger partial charge in [-0.25, -0.2) is 4.39 Å². The van der Waals surface area contributed by atoms with Crippen LogP contribution >= 0.6 is 0 Å². The third kappa shape index (κ3) is 3.99. The van der Waals surface area contributed by atoms with Gasteiger partial charge in [0.2, 0.25) is 0 Å². The fourth-order valence-corrected chi connectivity index (χ4v) is 3.00. The monoisotopic (exact) mass is 319 g/mol. The van der Waals surface area contributed by atoms with Crippen LogP contribution in [-0.4, -0.2) is 35.8 Å². The summed E-state index contributed by atoms with van der Waals surface area (Å²) < 4.78 is 24.3. The van der Waals surface area contributed by atoms with Gasteiger partial charge in [-0.1, -0.05) is 6.07 Å². The number of hydrogen-bond donors (Lipinski definition) is 1. The van der Waals surface area contributed by atoms with Gasteiger partial charge >= 0.3 is 0 Å². The normalized spacial score (nSPS) is 20.6. The molecule has 2 heterocycles. The highest BCUT2D eigenvalue weighted by Crippen LogP contribution is 2.25. The van der Waals surface area contributed by atoms with E-state index in [2.05, 4.69) is 4.90 Å². The smallest absolute Gasteiger partial charge is 0.132 e. The molecular weight excluding hydrogens is 297 g/mol. The van der Waals surface area contributed by atoms with Crippen LogP contribution in [0.15, 0.2) is 41.0 Å². The Morgan fingerprint density at radius 2 is 2.26 bits per heavy atom. The van der Waals surface area contributed by atoms with E-state index >= 15 is 0 Å². The Morgan fingerprint density at radius 1 is 1.39 bits per heavy atom. The van der Waals surface area contributed by atoms with Crippen molar-refractivity contribution in [3.63, 3.8) is 0 Å². The zero-order chi connectivity index (χ0) is 16.2. The van der Waals surface area contributed by atoms with Crippen LogP contribution in [0.4, 0.5) is 4.39 Å². The Labute approximate surface area is 135 Å². The van der Waals surface area contributed by atoms with Gasteiger partial charge < -0.3 is 14.3 Å². The molecule has 0 radical (unpaired) electrons. The van der Waals surface area contributed by atoms with Crippen molar-refractivity contribution in [2.75, 3.05) is 19.8 Å². The second-order valence-corrected chi connectivity index (χ2v) is 6.04. The maximum Gasteiger partial charge on any atom is 0.132 e. The molecule has 1 aliphatic rings. The Balaban J connectivity index is 1.70. The van der Waals surface area contributed by atoms with Crippen molar-refractivity contribution in [3.05, 3.63) is 59.3 Å². The quantitative estimate of drug-likeness (QED) is 0.920. The summed E-state index contributed by atoms with van der Waals surface area (Å²) in [5.74, 6) is 0.350. The number of morpholine rings is 1.